The standard InChI is InChI=1S/C24H27NO7/c1-3-32-18-9-7-16(8-10-18)22(27)20-21(17-5-4-6-19(15-17)30-2)25(24(29)23(20)28)11-13-31-14-12-26/h4-10,15,21,26-27H,3,11-14H2,1-2H3/b22-20+/t21-/m1/s1. The van der Waals surface area contributed by atoms with E-state index in [1.807, 2.05) is 6.92 Å². The number of nitrogens with zero attached hydrogens (tertiary/aromatic N) is 1. The third-order valence-electron chi connectivity index (χ3n) is 5.10. The third kappa shape index (κ3) is 4.92. The van der Waals surface area contributed by atoms with E-state index < -0.39 is 17.7 Å². The van der Waals surface area contributed by atoms with Crippen LogP contribution in [0.25, 0.3) is 5.76 Å². The van der Waals surface area contributed by atoms with Crippen molar-refractivity contribution >= 4 is 17.4 Å². The van der Waals surface area contributed by atoms with Crippen molar-refractivity contribution in [2.24, 2.45) is 0 Å². The second-order valence-electron chi connectivity index (χ2n) is 7.06. The van der Waals surface area contributed by atoms with Crippen LogP contribution in [0.5, 0.6) is 11.5 Å². The number of amides is 1. The number of likely N-dealkylation sites (tertiary alicyclic amines) is 1. The Morgan fingerprint density at radius 3 is 2.47 bits per heavy atom. The number of carbonyl (C=O) groups is 2. The maximum atomic E-state index is 13.0. The van der Waals surface area contributed by atoms with Crippen molar-refractivity contribution in [2.45, 2.75) is 13.0 Å². The van der Waals surface area contributed by atoms with Gasteiger partial charge in [-0.25, -0.2) is 0 Å². The van der Waals surface area contributed by atoms with Crippen molar-refractivity contribution < 1.29 is 34.0 Å². The van der Waals surface area contributed by atoms with Crippen molar-refractivity contribution in [1.29, 1.82) is 0 Å². The molecular formula is C24H27NO7. The molecule has 0 radical (unpaired) electrons. The molecule has 1 amide bonds. The molecular weight excluding hydrogens is 414 g/mol. The average Bonchev–Trinajstić information content (AvgIpc) is 3.07. The molecule has 0 bridgehead atoms. The van der Waals surface area contributed by atoms with E-state index in [-0.39, 0.29) is 37.7 Å². The summed E-state index contributed by atoms with van der Waals surface area (Å²) < 4.78 is 16.0. The van der Waals surface area contributed by atoms with Crippen LogP contribution >= 0.6 is 0 Å². The summed E-state index contributed by atoms with van der Waals surface area (Å²) in [4.78, 5) is 27.2. The fourth-order valence-electron chi connectivity index (χ4n) is 3.63. The van der Waals surface area contributed by atoms with Crippen LogP contribution in [-0.4, -0.2) is 66.9 Å². The zero-order valence-corrected chi connectivity index (χ0v) is 18.1. The van der Waals surface area contributed by atoms with Gasteiger partial charge in [0.25, 0.3) is 11.7 Å². The van der Waals surface area contributed by atoms with Crippen LogP contribution in [0, 0.1) is 0 Å². The molecule has 2 aromatic carbocycles. The molecule has 0 unspecified atom stereocenters. The van der Waals surface area contributed by atoms with Crippen LogP contribution in [-0.2, 0) is 14.3 Å². The lowest BCUT2D eigenvalue weighted by Gasteiger charge is -2.25. The molecule has 1 fully saturated rings. The van der Waals surface area contributed by atoms with Gasteiger partial charge in [-0.15, -0.1) is 0 Å². The van der Waals surface area contributed by atoms with E-state index in [2.05, 4.69) is 0 Å². The lowest BCUT2D eigenvalue weighted by atomic mass is 9.95. The Morgan fingerprint density at radius 1 is 1.06 bits per heavy atom. The number of aliphatic hydroxyl groups is 2. The summed E-state index contributed by atoms with van der Waals surface area (Å²) in [5, 5.41) is 20.0. The molecule has 0 saturated carbocycles. The molecule has 8 heteroatoms. The SMILES string of the molecule is CCOc1ccc(/C(O)=C2\C(=O)C(=O)N(CCOCCO)[C@@H]2c2cccc(OC)c2)cc1. The summed E-state index contributed by atoms with van der Waals surface area (Å²) in [6, 6.07) is 12.9. The molecule has 1 aliphatic heterocycles. The summed E-state index contributed by atoms with van der Waals surface area (Å²) in [5.41, 5.74) is 1.02. The van der Waals surface area contributed by atoms with Crippen molar-refractivity contribution in [3.8, 4) is 11.5 Å². The molecule has 1 atom stereocenters. The van der Waals surface area contributed by atoms with Crippen molar-refractivity contribution in [3.63, 3.8) is 0 Å². The maximum absolute atomic E-state index is 13.0. The minimum Gasteiger partial charge on any atom is -0.507 e. The van der Waals surface area contributed by atoms with Crippen LogP contribution in [0.2, 0.25) is 0 Å². The molecule has 2 N–H and O–H groups in total. The Kier molecular flexibility index (Phi) is 7.86. The monoisotopic (exact) mass is 441 g/mol. The maximum Gasteiger partial charge on any atom is 0.295 e. The Hall–Kier alpha value is -3.36. The van der Waals surface area contributed by atoms with Crippen LogP contribution in [0.15, 0.2) is 54.1 Å². The summed E-state index contributed by atoms with van der Waals surface area (Å²) in [7, 11) is 1.53. The number of carbonyl (C=O) groups excluding carboxylic acids is 2. The first-order valence-corrected chi connectivity index (χ1v) is 10.4. The van der Waals surface area contributed by atoms with Crippen molar-refractivity contribution in [1.82, 2.24) is 4.90 Å². The lowest BCUT2D eigenvalue weighted by Crippen LogP contribution is -2.33. The van der Waals surface area contributed by atoms with E-state index in [0.29, 0.717) is 29.2 Å². The predicted octanol–water partition coefficient (Wildman–Crippen LogP) is 2.52. The van der Waals surface area contributed by atoms with E-state index >= 15 is 0 Å². The second kappa shape index (κ2) is 10.8. The molecule has 1 aliphatic rings. The minimum atomic E-state index is -0.811. The number of benzene rings is 2. The van der Waals surface area contributed by atoms with Crippen molar-refractivity contribution in [2.75, 3.05) is 40.1 Å². The van der Waals surface area contributed by atoms with Gasteiger partial charge in [0.2, 0.25) is 0 Å². The number of ether oxygens (including phenoxy) is 3. The number of Topliss-reactive ketones (excluding diaryl/α,β-unsaturated/α-hetero) is 1. The highest BCUT2D eigenvalue weighted by Gasteiger charge is 2.46. The summed E-state index contributed by atoms with van der Waals surface area (Å²) in [6.45, 7) is 2.61. The van der Waals surface area contributed by atoms with E-state index in [1.165, 1.54) is 12.0 Å². The van der Waals surface area contributed by atoms with E-state index in [4.69, 9.17) is 19.3 Å². The summed E-state index contributed by atoms with van der Waals surface area (Å²) >= 11 is 0. The minimum absolute atomic E-state index is 0.00503. The Balaban J connectivity index is 2.05. The highest BCUT2D eigenvalue weighted by Crippen LogP contribution is 2.40. The van der Waals surface area contributed by atoms with E-state index in [9.17, 15) is 14.7 Å². The molecule has 0 aliphatic carbocycles. The first kappa shape index (κ1) is 23.3. The largest absolute Gasteiger partial charge is 0.507 e. The first-order valence-electron chi connectivity index (χ1n) is 10.4. The van der Waals surface area contributed by atoms with Crippen LogP contribution in [0.4, 0.5) is 0 Å². The number of methoxy groups -OCH3 is 1. The molecule has 8 nitrogen and oxygen atoms in total. The lowest BCUT2D eigenvalue weighted by molar-refractivity contribution is -0.140. The number of hydrogen-bond donors (Lipinski definition) is 2. The fraction of sp³-hybridized carbons (Fsp3) is 0.333. The van der Waals surface area contributed by atoms with Gasteiger partial charge >= 0.3 is 0 Å². The van der Waals surface area contributed by atoms with Gasteiger partial charge in [-0.05, 0) is 48.9 Å². The van der Waals surface area contributed by atoms with Gasteiger partial charge in [-0.3, -0.25) is 9.59 Å². The number of ketones is 1. The number of hydrogen-bond acceptors (Lipinski definition) is 7. The van der Waals surface area contributed by atoms with Crippen LogP contribution in [0.1, 0.15) is 24.1 Å². The van der Waals surface area contributed by atoms with Gasteiger partial charge in [0.1, 0.15) is 17.3 Å². The molecule has 3 rings (SSSR count). The second-order valence-corrected chi connectivity index (χ2v) is 7.06. The fourth-order valence-corrected chi connectivity index (χ4v) is 3.63. The Morgan fingerprint density at radius 2 is 1.81 bits per heavy atom. The quantitative estimate of drug-likeness (QED) is 0.253. The number of aliphatic hydroxyl groups excluding tert-OH is 2. The highest BCUT2D eigenvalue weighted by molar-refractivity contribution is 6.46. The molecule has 0 spiro atoms. The molecule has 2 aromatic rings. The number of rotatable bonds is 10. The molecule has 0 aromatic heterocycles. The van der Waals surface area contributed by atoms with E-state index in [1.54, 1.807) is 48.5 Å². The average molecular weight is 441 g/mol. The topological polar surface area (TPSA) is 106 Å². The zero-order valence-electron chi connectivity index (χ0n) is 18.1. The van der Waals surface area contributed by atoms with Gasteiger partial charge < -0.3 is 29.3 Å². The van der Waals surface area contributed by atoms with Gasteiger partial charge in [0.05, 0.1) is 45.2 Å². The third-order valence-corrected chi connectivity index (χ3v) is 5.10. The molecule has 170 valence electrons. The molecule has 1 saturated heterocycles. The predicted molar refractivity (Wildman–Crippen MR) is 118 cm³/mol. The highest BCUT2D eigenvalue weighted by atomic mass is 16.5. The van der Waals surface area contributed by atoms with Crippen LogP contribution < -0.4 is 9.47 Å². The normalized spacial score (nSPS) is 17.6. The summed E-state index contributed by atoms with van der Waals surface area (Å²) in [5.74, 6) is -0.567. The van der Waals surface area contributed by atoms with Gasteiger partial charge in [-0.2, -0.15) is 0 Å². The summed E-state index contributed by atoms with van der Waals surface area (Å²) in [6.07, 6.45) is 0. The van der Waals surface area contributed by atoms with Gasteiger partial charge in [0, 0.05) is 12.1 Å². The Labute approximate surface area is 186 Å². The smallest absolute Gasteiger partial charge is 0.295 e. The Bertz CT molecular complexity index is 984. The molecule has 1 heterocycles. The van der Waals surface area contributed by atoms with E-state index in [0.717, 1.165) is 0 Å². The van der Waals surface area contributed by atoms with Crippen molar-refractivity contribution in [3.05, 3.63) is 65.2 Å². The van der Waals surface area contributed by atoms with Gasteiger partial charge in [0.15, 0.2) is 0 Å². The van der Waals surface area contributed by atoms with Gasteiger partial charge in [-0.1, -0.05) is 12.1 Å². The molecule has 32 heavy (non-hydrogen) atoms. The van der Waals surface area contributed by atoms with Crippen LogP contribution in [0.3, 0.4) is 0 Å². The zero-order chi connectivity index (χ0) is 23.1. The first-order chi connectivity index (χ1) is 15.5.